The Hall–Kier alpha value is 0.930. The van der Waals surface area contributed by atoms with E-state index in [1.54, 1.807) is 0 Å². The number of benzene rings is 3. The number of aromatic hydroxyl groups is 1. The Balaban J connectivity index is 2.33. The molecular formula is C23H8Br8Cl2O7S. The first-order chi connectivity index (χ1) is 19.0. The molecule has 1 N–H and O–H groups in total. The number of Topliss-reactive ketones (excluding diaryl/α,β-unsaturated/α-hetero) is 1. The van der Waals surface area contributed by atoms with Crippen LogP contribution in [0.4, 0.5) is 0 Å². The van der Waals surface area contributed by atoms with E-state index in [2.05, 4.69) is 127 Å². The van der Waals surface area contributed by atoms with Crippen LogP contribution in [0, 0.1) is 0 Å². The van der Waals surface area contributed by atoms with Gasteiger partial charge in [0.05, 0.1) is 28.2 Å². The number of rotatable bonds is 6. The van der Waals surface area contributed by atoms with Crippen LogP contribution in [0.3, 0.4) is 0 Å². The van der Waals surface area contributed by atoms with E-state index in [9.17, 15) is 23.1 Å². The molecule has 1 heterocycles. The second-order valence-electron chi connectivity index (χ2n) is 8.06. The highest BCUT2D eigenvalue weighted by Gasteiger charge is 2.56. The molecule has 4 rings (SSSR count). The van der Waals surface area contributed by atoms with Crippen molar-refractivity contribution in [2.45, 2.75) is 10.5 Å². The van der Waals surface area contributed by atoms with Gasteiger partial charge in [-0.3, -0.25) is 9.59 Å². The van der Waals surface area contributed by atoms with Crippen LogP contribution in [0.2, 0.25) is 0 Å². The van der Waals surface area contributed by atoms with Crippen molar-refractivity contribution in [3.05, 3.63) is 76.2 Å². The second-order valence-corrected chi connectivity index (χ2v) is 16.6. The van der Waals surface area contributed by atoms with Crippen LogP contribution in [0.15, 0.2) is 58.9 Å². The fraction of sp³-hybridized carbons (Fsp3) is 0.130. The molecule has 1 atom stereocenters. The summed E-state index contributed by atoms with van der Waals surface area (Å²) in [6, 6.07) is 4.31. The number of fused-ring (bicyclic) bond motifs is 1. The maximum absolute atomic E-state index is 13.9. The molecule has 18 heteroatoms. The van der Waals surface area contributed by atoms with E-state index < -0.39 is 39.2 Å². The highest BCUT2D eigenvalue weighted by atomic mass is 79.9. The first-order valence-electron chi connectivity index (χ1n) is 10.4. The third kappa shape index (κ3) is 5.85. The Morgan fingerprint density at radius 1 is 0.829 bits per heavy atom. The molecule has 0 spiro atoms. The van der Waals surface area contributed by atoms with Crippen LogP contribution in [-0.4, -0.2) is 37.0 Å². The van der Waals surface area contributed by atoms with Gasteiger partial charge in [-0.1, -0.05) is 0 Å². The Kier molecular flexibility index (Phi) is 11.0. The van der Waals surface area contributed by atoms with Crippen LogP contribution >= 0.6 is 151 Å². The number of ketones is 1. The molecule has 41 heavy (non-hydrogen) atoms. The van der Waals surface area contributed by atoms with Crippen LogP contribution in [0.5, 0.6) is 11.5 Å². The number of hydrogen-bond donors (Lipinski definition) is 1. The van der Waals surface area contributed by atoms with Crippen molar-refractivity contribution in [3.8, 4) is 11.5 Å². The molecule has 0 aromatic heterocycles. The van der Waals surface area contributed by atoms with Crippen molar-refractivity contribution in [2.24, 2.45) is 0 Å². The summed E-state index contributed by atoms with van der Waals surface area (Å²) in [5, 5.41) is 10.5. The summed E-state index contributed by atoms with van der Waals surface area (Å²) in [7, 11) is -4.54. The van der Waals surface area contributed by atoms with Crippen molar-refractivity contribution in [3.63, 3.8) is 0 Å². The fourth-order valence-corrected chi connectivity index (χ4v) is 11.8. The predicted molar refractivity (Wildman–Crippen MR) is 182 cm³/mol. The van der Waals surface area contributed by atoms with Gasteiger partial charge in [0, 0.05) is 30.1 Å². The highest BCUT2D eigenvalue weighted by Crippen LogP contribution is 2.60. The van der Waals surface area contributed by atoms with Gasteiger partial charge in [-0.25, -0.2) is 4.18 Å². The van der Waals surface area contributed by atoms with Gasteiger partial charge in [0.25, 0.3) is 10.1 Å². The molecule has 0 radical (unpaired) electrons. The summed E-state index contributed by atoms with van der Waals surface area (Å²) in [6.45, 7) is 0. The smallest absolute Gasteiger partial charge is 0.326 e. The number of alkyl halides is 2. The van der Waals surface area contributed by atoms with Crippen LogP contribution in [-0.2, 0) is 24.7 Å². The quantitative estimate of drug-likeness (QED) is 0.0499. The molecule has 1 aliphatic rings. The average Bonchev–Trinajstić information content (AvgIpc) is 3.18. The molecular weight excluding hydrogens is 1130 g/mol. The van der Waals surface area contributed by atoms with E-state index >= 15 is 0 Å². The van der Waals surface area contributed by atoms with Gasteiger partial charge in [0.2, 0.25) is 0 Å². The molecule has 1 aliphatic heterocycles. The minimum atomic E-state index is -4.54. The fourth-order valence-electron chi connectivity index (χ4n) is 4.16. The van der Waals surface area contributed by atoms with E-state index in [0.717, 1.165) is 0 Å². The lowest BCUT2D eigenvalue weighted by molar-refractivity contribution is -0.131. The van der Waals surface area contributed by atoms with Gasteiger partial charge in [0.1, 0.15) is 16.5 Å². The molecule has 0 saturated carbocycles. The number of carbonyl (C=O) groups excluding carboxylic acids is 2. The number of halogens is 10. The number of ether oxygens (including phenoxy) is 1. The van der Waals surface area contributed by atoms with E-state index in [-0.39, 0.29) is 65.5 Å². The van der Waals surface area contributed by atoms with Crippen molar-refractivity contribution in [2.75, 3.05) is 11.8 Å². The van der Waals surface area contributed by atoms with Crippen LogP contribution in [0.25, 0.3) is 0 Å². The largest absolute Gasteiger partial charge is 0.506 e. The Labute approximate surface area is 310 Å². The van der Waals surface area contributed by atoms with E-state index in [1.807, 2.05) is 0 Å². The number of hydrogen-bond acceptors (Lipinski definition) is 7. The number of phenolic OH excluding ortho intramolecular Hbond substituents is 1. The normalized spacial score (nSPS) is 17.4. The van der Waals surface area contributed by atoms with E-state index in [4.69, 9.17) is 32.1 Å². The third-order valence-corrected chi connectivity index (χ3v) is 15.2. The number of esters is 1. The van der Waals surface area contributed by atoms with E-state index in [0.29, 0.717) is 8.95 Å². The van der Waals surface area contributed by atoms with Crippen molar-refractivity contribution >= 4 is 173 Å². The molecule has 0 saturated heterocycles. The van der Waals surface area contributed by atoms with Gasteiger partial charge in [-0.2, -0.15) is 8.42 Å². The minimum absolute atomic E-state index is 0.0110. The molecule has 7 nitrogen and oxygen atoms in total. The Morgan fingerprint density at radius 2 is 1.39 bits per heavy atom. The lowest BCUT2D eigenvalue weighted by Crippen LogP contribution is -2.33. The van der Waals surface area contributed by atoms with Gasteiger partial charge in [-0.05, 0) is 151 Å². The number of phenols is 1. The van der Waals surface area contributed by atoms with Gasteiger partial charge in [0.15, 0.2) is 17.1 Å². The van der Waals surface area contributed by atoms with E-state index in [1.165, 1.54) is 18.2 Å². The maximum Gasteiger partial charge on any atom is 0.326 e. The topological polar surface area (TPSA) is 107 Å². The molecule has 0 aliphatic carbocycles. The molecule has 1 unspecified atom stereocenters. The summed E-state index contributed by atoms with van der Waals surface area (Å²) in [6.07, 6.45) is 0. The third-order valence-electron chi connectivity index (χ3n) is 5.76. The lowest BCUT2D eigenvalue weighted by Gasteiger charge is -2.33. The lowest BCUT2D eigenvalue weighted by atomic mass is 9.77. The molecule has 0 bridgehead atoms. The minimum Gasteiger partial charge on any atom is -0.506 e. The summed E-state index contributed by atoms with van der Waals surface area (Å²) >= 11 is 38.8. The second kappa shape index (κ2) is 13.0. The molecule has 3 aromatic carbocycles. The molecule has 0 fully saturated rings. The van der Waals surface area contributed by atoms with Gasteiger partial charge in [-0.15, -0.1) is 23.2 Å². The predicted octanol–water partition coefficient (Wildman–Crippen LogP) is 10.1. The first kappa shape index (κ1) is 34.8. The maximum atomic E-state index is 13.9. The van der Waals surface area contributed by atoms with Crippen LogP contribution < -0.4 is 4.74 Å². The monoisotopic (exact) mass is 1130 g/mol. The standard InChI is InChI=1S/C23H8Br8Cl2O7S/c24-8-1-6(2-9(25)20(8)36)23(14-16(28)17(29)18(30)19(31)22(14)41(37,38)40-23)7-3-10(26)21(39-12(35)5-33)15(27)13(7)11(34)4-32/h1-3,36H,4-5H2. The Bertz CT molecular complexity index is 1760. The van der Waals surface area contributed by atoms with Crippen molar-refractivity contribution in [1.29, 1.82) is 0 Å². The zero-order valence-corrected chi connectivity index (χ0v) is 34.2. The molecule has 3 aromatic rings. The summed E-state index contributed by atoms with van der Waals surface area (Å²) in [4.78, 5) is 25.4. The zero-order valence-electron chi connectivity index (χ0n) is 19.2. The molecule has 218 valence electrons. The number of carbonyl (C=O) groups is 2. The first-order valence-corrected chi connectivity index (χ1v) is 19.3. The summed E-state index contributed by atoms with van der Waals surface area (Å²) < 4.78 is 40.9. The molecule has 0 amide bonds. The van der Waals surface area contributed by atoms with Crippen molar-refractivity contribution < 1.29 is 32.0 Å². The van der Waals surface area contributed by atoms with Crippen LogP contribution in [0.1, 0.15) is 27.0 Å². The summed E-state index contributed by atoms with van der Waals surface area (Å²) in [5.41, 5.74) is -1.91. The van der Waals surface area contributed by atoms with Gasteiger partial charge >= 0.3 is 5.97 Å². The SMILES string of the molecule is O=C(CCl)Oc1c(Br)cc(C2(c3cc(Br)c(O)c(Br)c3)OS(=O)(=O)c3c(Br)c(Br)c(Br)c(Br)c32)c(C(=O)CCl)c1Br. The van der Waals surface area contributed by atoms with Crippen molar-refractivity contribution in [1.82, 2.24) is 0 Å². The van der Waals surface area contributed by atoms with Gasteiger partial charge < -0.3 is 9.84 Å². The summed E-state index contributed by atoms with van der Waals surface area (Å²) in [5.74, 6) is -2.71. The average molecular weight is 1140 g/mol. The Morgan fingerprint density at radius 3 is 1.93 bits per heavy atom. The highest BCUT2D eigenvalue weighted by molar-refractivity contribution is 9.15. The zero-order chi connectivity index (χ0) is 30.8.